The Morgan fingerprint density at radius 1 is 1.25 bits per heavy atom. The van der Waals surface area contributed by atoms with Crippen molar-refractivity contribution in [2.24, 2.45) is 0 Å². The lowest BCUT2D eigenvalue weighted by Gasteiger charge is -2.00. The number of carbonyl (C=O) groups excluding carboxylic acids is 1. The molecule has 0 aliphatic heterocycles. The molecule has 0 amide bonds. The van der Waals surface area contributed by atoms with Gasteiger partial charge in [-0.05, 0) is 5.46 Å². The minimum Gasteiger partial charge on any atom is -0.423 e. The molecule has 4 N–H and O–H groups in total. The Morgan fingerprint density at radius 3 is 2.25 bits per heavy atom. The van der Waals surface area contributed by atoms with Crippen LogP contribution in [0, 0.1) is 0 Å². The highest BCUT2D eigenvalue weighted by molar-refractivity contribution is 6.60. The van der Waals surface area contributed by atoms with Crippen LogP contribution in [-0.2, 0) is 0 Å². The molecule has 0 atom stereocenters. The molecule has 0 radical (unpaired) electrons. The van der Waals surface area contributed by atoms with Crippen molar-refractivity contribution in [3.8, 4) is 0 Å². The first-order valence-corrected chi connectivity index (χ1v) is 3.16. The standard InChI is InChI=1S/C7H7BO3.H2O/c9-5-6-3-1-2-4-7(6)8(10)11;/h1-5,10-11H;1H2. The Morgan fingerprint density at radius 2 is 1.83 bits per heavy atom. The van der Waals surface area contributed by atoms with Gasteiger partial charge in [-0.3, -0.25) is 4.79 Å². The fourth-order valence-electron chi connectivity index (χ4n) is 0.853. The van der Waals surface area contributed by atoms with E-state index in [4.69, 9.17) is 10.0 Å². The van der Waals surface area contributed by atoms with Crippen molar-refractivity contribution in [3.63, 3.8) is 0 Å². The highest BCUT2D eigenvalue weighted by atomic mass is 16.4. The molecule has 1 rings (SSSR count). The zero-order chi connectivity index (χ0) is 8.27. The first-order chi connectivity index (χ1) is 5.25. The van der Waals surface area contributed by atoms with Crippen molar-refractivity contribution in [3.05, 3.63) is 29.8 Å². The van der Waals surface area contributed by atoms with E-state index < -0.39 is 7.12 Å². The second kappa shape index (κ2) is 4.66. The zero-order valence-corrected chi connectivity index (χ0v) is 6.27. The number of carbonyl (C=O) groups is 1. The van der Waals surface area contributed by atoms with Gasteiger partial charge in [0.2, 0.25) is 0 Å². The van der Waals surface area contributed by atoms with Gasteiger partial charge < -0.3 is 15.5 Å². The van der Waals surface area contributed by atoms with Gasteiger partial charge in [-0.2, -0.15) is 0 Å². The van der Waals surface area contributed by atoms with E-state index in [0.717, 1.165) is 0 Å². The fourth-order valence-corrected chi connectivity index (χ4v) is 0.853. The van der Waals surface area contributed by atoms with E-state index in [1.807, 2.05) is 0 Å². The molecule has 0 unspecified atom stereocenters. The SMILES string of the molecule is O.O=Cc1ccccc1B(O)O. The molecule has 4 nitrogen and oxygen atoms in total. The molecular formula is C7H9BO4. The molecule has 0 spiro atoms. The molecule has 64 valence electrons. The van der Waals surface area contributed by atoms with E-state index in [2.05, 4.69) is 0 Å². The molecule has 0 aliphatic carbocycles. The average Bonchev–Trinajstić information content (AvgIpc) is 2.04. The predicted octanol–water partition coefficient (Wildman–Crippen LogP) is -1.65. The first-order valence-electron chi connectivity index (χ1n) is 3.16. The van der Waals surface area contributed by atoms with Gasteiger partial charge in [-0.1, -0.05) is 24.3 Å². The van der Waals surface area contributed by atoms with Crippen LogP contribution in [0.15, 0.2) is 24.3 Å². The normalized spacial score (nSPS) is 8.50. The highest BCUT2D eigenvalue weighted by Gasteiger charge is 2.13. The average molecular weight is 168 g/mol. The molecule has 1 aromatic rings. The van der Waals surface area contributed by atoms with Gasteiger partial charge in [0.25, 0.3) is 0 Å². The van der Waals surface area contributed by atoms with Crippen LogP contribution in [0.5, 0.6) is 0 Å². The van der Waals surface area contributed by atoms with Crippen LogP contribution in [-0.4, -0.2) is 28.9 Å². The van der Waals surface area contributed by atoms with Crippen LogP contribution in [0.25, 0.3) is 0 Å². The Kier molecular flexibility index (Phi) is 4.21. The van der Waals surface area contributed by atoms with Crippen molar-refractivity contribution in [2.75, 3.05) is 0 Å². The van der Waals surface area contributed by atoms with E-state index in [1.54, 1.807) is 12.1 Å². The summed E-state index contributed by atoms with van der Waals surface area (Å²) in [5, 5.41) is 17.5. The summed E-state index contributed by atoms with van der Waals surface area (Å²) in [6, 6.07) is 6.33. The summed E-state index contributed by atoms with van der Waals surface area (Å²) in [6.07, 6.45) is 0.592. The Balaban J connectivity index is 0.00000121. The van der Waals surface area contributed by atoms with Crippen LogP contribution in [0.3, 0.4) is 0 Å². The second-order valence-corrected chi connectivity index (χ2v) is 2.12. The van der Waals surface area contributed by atoms with Gasteiger partial charge in [0.05, 0.1) is 0 Å². The second-order valence-electron chi connectivity index (χ2n) is 2.12. The highest BCUT2D eigenvalue weighted by Crippen LogP contribution is 1.92. The monoisotopic (exact) mass is 168 g/mol. The van der Waals surface area contributed by atoms with Crippen LogP contribution in [0.1, 0.15) is 10.4 Å². The number of hydrogen-bond acceptors (Lipinski definition) is 3. The smallest absolute Gasteiger partial charge is 0.423 e. The molecule has 1 aromatic carbocycles. The summed E-state index contributed by atoms with van der Waals surface area (Å²) >= 11 is 0. The van der Waals surface area contributed by atoms with E-state index in [1.165, 1.54) is 12.1 Å². The Labute approximate surface area is 69.9 Å². The summed E-state index contributed by atoms with van der Waals surface area (Å²) in [7, 11) is -1.57. The van der Waals surface area contributed by atoms with Crippen molar-refractivity contribution in [1.82, 2.24) is 0 Å². The third-order valence-electron chi connectivity index (χ3n) is 1.40. The third kappa shape index (κ3) is 2.16. The van der Waals surface area contributed by atoms with Gasteiger partial charge in [0, 0.05) is 5.56 Å². The lowest BCUT2D eigenvalue weighted by atomic mass is 9.77. The molecule has 0 saturated carbocycles. The largest absolute Gasteiger partial charge is 0.489 e. The lowest BCUT2D eigenvalue weighted by molar-refractivity contribution is 0.112. The summed E-state index contributed by atoms with van der Waals surface area (Å²) in [5.41, 5.74) is 0.546. The topological polar surface area (TPSA) is 89.0 Å². The summed E-state index contributed by atoms with van der Waals surface area (Å²) in [6.45, 7) is 0. The maximum atomic E-state index is 10.3. The van der Waals surface area contributed by atoms with Gasteiger partial charge in [-0.25, -0.2) is 0 Å². The van der Waals surface area contributed by atoms with Crippen molar-refractivity contribution >= 4 is 18.9 Å². The first kappa shape index (κ1) is 10.8. The molecule has 0 bridgehead atoms. The van der Waals surface area contributed by atoms with E-state index >= 15 is 0 Å². The third-order valence-corrected chi connectivity index (χ3v) is 1.40. The molecular weight excluding hydrogens is 159 g/mol. The van der Waals surface area contributed by atoms with Gasteiger partial charge in [-0.15, -0.1) is 0 Å². The minimum absolute atomic E-state index is 0. The van der Waals surface area contributed by atoms with Crippen LogP contribution in [0.2, 0.25) is 0 Å². The summed E-state index contributed by atoms with van der Waals surface area (Å²) in [4.78, 5) is 10.3. The quantitative estimate of drug-likeness (QED) is 0.409. The van der Waals surface area contributed by atoms with Gasteiger partial charge >= 0.3 is 7.12 Å². The lowest BCUT2D eigenvalue weighted by Crippen LogP contribution is -2.32. The summed E-state index contributed by atoms with van der Waals surface area (Å²) in [5.74, 6) is 0. The molecule has 0 fully saturated rings. The van der Waals surface area contributed by atoms with Crippen LogP contribution in [0.4, 0.5) is 0 Å². The number of aldehydes is 1. The summed E-state index contributed by atoms with van der Waals surface area (Å²) < 4.78 is 0. The molecule has 12 heavy (non-hydrogen) atoms. The van der Waals surface area contributed by atoms with Crippen LogP contribution < -0.4 is 5.46 Å². The minimum atomic E-state index is -1.57. The maximum absolute atomic E-state index is 10.3. The predicted molar refractivity (Wildman–Crippen MR) is 45.3 cm³/mol. The van der Waals surface area contributed by atoms with Gasteiger partial charge in [0.1, 0.15) is 6.29 Å². The van der Waals surface area contributed by atoms with Crippen molar-refractivity contribution in [1.29, 1.82) is 0 Å². The van der Waals surface area contributed by atoms with E-state index in [9.17, 15) is 4.79 Å². The van der Waals surface area contributed by atoms with Crippen LogP contribution >= 0.6 is 0 Å². The van der Waals surface area contributed by atoms with E-state index in [0.29, 0.717) is 11.8 Å². The zero-order valence-electron chi connectivity index (χ0n) is 6.27. The maximum Gasteiger partial charge on any atom is 0.489 e. The molecule has 0 aromatic heterocycles. The van der Waals surface area contributed by atoms with Crippen molar-refractivity contribution in [2.45, 2.75) is 0 Å². The molecule has 0 heterocycles. The van der Waals surface area contributed by atoms with E-state index in [-0.39, 0.29) is 10.9 Å². The fraction of sp³-hybridized carbons (Fsp3) is 0. The van der Waals surface area contributed by atoms with Crippen molar-refractivity contribution < 1.29 is 20.3 Å². The molecule has 0 saturated heterocycles. The number of rotatable bonds is 2. The number of hydrogen-bond donors (Lipinski definition) is 2. The number of benzene rings is 1. The molecule has 5 heteroatoms. The Hall–Kier alpha value is -1.17. The Bertz CT molecular complexity index is 261. The molecule has 0 aliphatic rings. The van der Waals surface area contributed by atoms with Gasteiger partial charge in [0.15, 0.2) is 0 Å².